The van der Waals surface area contributed by atoms with Crippen molar-refractivity contribution in [3.8, 4) is 5.75 Å². The summed E-state index contributed by atoms with van der Waals surface area (Å²) < 4.78 is 5.79. The molecule has 2 saturated heterocycles. The molecular formula is C22H35N3O2. The van der Waals surface area contributed by atoms with Gasteiger partial charge in [-0.25, -0.2) is 0 Å². The summed E-state index contributed by atoms with van der Waals surface area (Å²) in [5, 5.41) is 0. The molecule has 3 rings (SSSR count). The molecule has 0 bridgehead atoms. The van der Waals surface area contributed by atoms with Gasteiger partial charge in [0.1, 0.15) is 12.4 Å². The maximum atomic E-state index is 12.9. The van der Waals surface area contributed by atoms with Gasteiger partial charge in [-0.2, -0.15) is 0 Å². The molecule has 0 aliphatic carbocycles. The van der Waals surface area contributed by atoms with Gasteiger partial charge >= 0.3 is 0 Å². The van der Waals surface area contributed by atoms with E-state index in [4.69, 9.17) is 4.74 Å². The number of nitrogens with zero attached hydrogens (tertiary/aromatic N) is 3. The highest BCUT2D eigenvalue weighted by Crippen LogP contribution is 2.24. The zero-order chi connectivity index (χ0) is 19.2. The predicted molar refractivity (Wildman–Crippen MR) is 109 cm³/mol. The fourth-order valence-corrected chi connectivity index (χ4v) is 4.26. The quantitative estimate of drug-likeness (QED) is 0.768. The Morgan fingerprint density at radius 2 is 1.85 bits per heavy atom. The van der Waals surface area contributed by atoms with Crippen LogP contribution in [0.2, 0.25) is 0 Å². The Morgan fingerprint density at radius 3 is 2.56 bits per heavy atom. The Hall–Kier alpha value is -1.59. The molecule has 1 aromatic carbocycles. The first-order chi connectivity index (χ1) is 13.0. The van der Waals surface area contributed by atoms with Gasteiger partial charge in [0.15, 0.2) is 0 Å². The fourth-order valence-electron chi connectivity index (χ4n) is 4.26. The van der Waals surface area contributed by atoms with Crippen molar-refractivity contribution in [1.29, 1.82) is 0 Å². The lowest BCUT2D eigenvalue weighted by Crippen LogP contribution is -2.50. The summed E-state index contributed by atoms with van der Waals surface area (Å²) in [6.45, 7) is 7.67. The largest absolute Gasteiger partial charge is 0.492 e. The van der Waals surface area contributed by atoms with Crippen LogP contribution in [0, 0.1) is 12.8 Å². The molecule has 0 radical (unpaired) electrons. The molecule has 1 amide bonds. The van der Waals surface area contributed by atoms with E-state index < -0.39 is 0 Å². The van der Waals surface area contributed by atoms with Crippen LogP contribution in [0.4, 0.5) is 0 Å². The van der Waals surface area contributed by atoms with Crippen molar-refractivity contribution < 1.29 is 9.53 Å². The standard InChI is InChI=1S/C22H35N3O2/c1-18-6-8-21(9-7-18)27-16-15-24(3)22(26)19-5-4-12-25(17-19)20-10-13-23(2)14-11-20/h6-9,19-20H,4-5,10-17H2,1-3H3/t19-/m1/s1. The van der Waals surface area contributed by atoms with Gasteiger partial charge in [0.2, 0.25) is 5.91 Å². The number of hydrogen-bond donors (Lipinski definition) is 0. The topological polar surface area (TPSA) is 36.0 Å². The van der Waals surface area contributed by atoms with Crippen molar-refractivity contribution in [1.82, 2.24) is 14.7 Å². The minimum atomic E-state index is 0.141. The number of likely N-dealkylation sites (tertiary alicyclic amines) is 2. The number of rotatable bonds is 6. The Morgan fingerprint density at radius 1 is 1.15 bits per heavy atom. The number of likely N-dealkylation sites (N-methyl/N-ethyl adjacent to an activating group) is 1. The molecule has 1 atom stereocenters. The van der Waals surface area contributed by atoms with Crippen LogP contribution in [0.3, 0.4) is 0 Å². The minimum Gasteiger partial charge on any atom is -0.492 e. The summed E-state index contributed by atoms with van der Waals surface area (Å²) in [6, 6.07) is 8.72. The molecule has 0 N–H and O–H groups in total. The lowest BCUT2D eigenvalue weighted by atomic mass is 9.93. The molecule has 0 spiro atoms. The third-order valence-corrected chi connectivity index (χ3v) is 6.10. The van der Waals surface area contributed by atoms with Crippen molar-refractivity contribution >= 4 is 5.91 Å². The van der Waals surface area contributed by atoms with Gasteiger partial charge in [0.25, 0.3) is 0 Å². The number of carbonyl (C=O) groups excluding carboxylic acids is 1. The monoisotopic (exact) mass is 373 g/mol. The molecule has 2 heterocycles. The van der Waals surface area contributed by atoms with E-state index >= 15 is 0 Å². The van der Waals surface area contributed by atoms with Crippen molar-refractivity contribution in [2.75, 3.05) is 53.4 Å². The van der Waals surface area contributed by atoms with Crippen LogP contribution in [0.1, 0.15) is 31.2 Å². The molecule has 27 heavy (non-hydrogen) atoms. The molecule has 2 aliphatic rings. The van der Waals surface area contributed by atoms with Gasteiger partial charge in [-0.3, -0.25) is 9.69 Å². The van der Waals surface area contributed by atoms with Crippen LogP contribution >= 0.6 is 0 Å². The molecule has 5 heteroatoms. The predicted octanol–water partition coefficient (Wildman–Crippen LogP) is 2.64. The molecule has 150 valence electrons. The first kappa shape index (κ1) is 20.2. The lowest BCUT2D eigenvalue weighted by Gasteiger charge is -2.41. The van der Waals surface area contributed by atoms with E-state index in [9.17, 15) is 4.79 Å². The van der Waals surface area contributed by atoms with E-state index in [1.54, 1.807) is 0 Å². The van der Waals surface area contributed by atoms with Crippen molar-refractivity contribution in [2.45, 2.75) is 38.6 Å². The Labute approximate surface area is 164 Å². The second-order valence-corrected chi connectivity index (χ2v) is 8.29. The number of piperidine rings is 2. The molecule has 1 aromatic rings. The van der Waals surface area contributed by atoms with Crippen LogP contribution in [-0.2, 0) is 4.79 Å². The van der Waals surface area contributed by atoms with Crippen LogP contribution in [0.15, 0.2) is 24.3 Å². The van der Waals surface area contributed by atoms with Crippen molar-refractivity contribution in [3.05, 3.63) is 29.8 Å². The van der Waals surface area contributed by atoms with Crippen LogP contribution in [0.5, 0.6) is 5.75 Å². The van der Waals surface area contributed by atoms with Gasteiger partial charge in [-0.1, -0.05) is 17.7 Å². The van der Waals surface area contributed by atoms with Crippen LogP contribution in [-0.4, -0.2) is 80.1 Å². The zero-order valence-corrected chi connectivity index (χ0v) is 17.2. The lowest BCUT2D eigenvalue weighted by molar-refractivity contribution is -0.136. The third-order valence-electron chi connectivity index (χ3n) is 6.10. The van der Waals surface area contributed by atoms with E-state index in [0.29, 0.717) is 19.2 Å². The summed E-state index contributed by atoms with van der Waals surface area (Å²) in [5.41, 5.74) is 1.22. The second kappa shape index (κ2) is 9.56. The Balaban J connectivity index is 1.43. The number of ether oxygens (including phenoxy) is 1. The zero-order valence-electron chi connectivity index (χ0n) is 17.2. The average Bonchev–Trinajstić information content (AvgIpc) is 2.69. The van der Waals surface area contributed by atoms with E-state index in [2.05, 4.69) is 23.8 Å². The fraction of sp³-hybridized carbons (Fsp3) is 0.682. The smallest absolute Gasteiger partial charge is 0.226 e. The van der Waals surface area contributed by atoms with Crippen molar-refractivity contribution in [2.24, 2.45) is 5.92 Å². The van der Waals surface area contributed by atoms with Crippen LogP contribution < -0.4 is 4.74 Å². The van der Waals surface area contributed by atoms with Gasteiger partial charge < -0.3 is 14.5 Å². The third kappa shape index (κ3) is 5.69. The highest BCUT2D eigenvalue weighted by atomic mass is 16.5. The maximum absolute atomic E-state index is 12.9. The number of aryl methyl sites for hydroxylation is 1. The first-order valence-electron chi connectivity index (χ1n) is 10.4. The van der Waals surface area contributed by atoms with Gasteiger partial charge in [0, 0.05) is 19.6 Å². The van der Waals surface area contributed by atoms with Gasteiger partial charge in [0.05, 0.1) is 12.5 Å². The Kier molecular flexibility index (Phi) is 7.13. The molecule has 5 nitrogen and oxygen atoms in total. The van der Waals surface area contributed by atoms with Crippen molar-refractivity contribution in [3.63, 3.8) is 0 Å². The van der Waals surface area contributed by atoms with E-state index in [-0.39, 0.29) is 11.8 Å². The number of benzene rings is 1. The highest BCUT2D eigenvalue weighted by Gasteiger charge is 2.32. The van der Waals surface area contributed by atoms with Gasteiger partial charge in [-0.05, 0) is 71.4 Å². The normalized spacial score (nSPS) is 22.6. The molecule has 0 aromatic heterocycles. The number of hydrogen-bond acceptors (Lipinski definition) is 4. The SMILES string of the molecule is Cc1ccc(OCCN(C)C(=O)[C@@H]2CCCN(C3CCN(C)CC3)C2)cc1. The van der Waals surface area contributed by atoms with E-state index in [1.807, 2.05) is 36.2 Å². The number of amides is 1. The van der Waals surface area contributed by atoms with Crippen LogP contribution in [0.25, 0.3) is 0 Å². The van der Waals surface area contributed by atoms with Gasteiger partial charge in [-0.15, -0.1) is 0 Å². The summed E-state index contributed by atoms with van der Waals surface area (Å²) in [7, 11) is 4.11. The molecule has 0 saturated carbocycles. The summed E-state index contributed by atoms with van der Waals surface area (Å²) in [6.07, 6.45) is 4.62. The van der Waals surface area contributed by atoms with E-state index in [1.165, 1.54) is 31.5 Å². The molecular weight excluding hydrogens is 338 g/mol. The number of carbonyl (C=O) groups is 1. The molecule has 0 unspecified atom stereocenters. The minimum absolute atomic E-state index is 0.141. The molecule has 2 aliphatic heterocycles. The summed E-state index contributed by atoms with van der Waals surface area (Å²) >= 11 is 0. The maximum Gasteiger partial charge on any atom is 0.226 e. The summed E-state index contributed by atoms with van der Waals surface area (Å²) in [5.74, 6) is 1.29. The first-order valence-corrected chi connectivity index (χ1v) is 10.4. The average molecular weight is 374 g/mol. The Bertz CT molecular complexity index is 596. The van der Waals surface area contributed by atoms with E-state index in [0.717, 1.165) is 31.7 Å². The summed E-state index contributed by atoms with van der Waals surface area (Å²) in [4.78, 5) is 19.7. The molecule has 2 fully saturated rings. The second-order valence-electron chi connectivity index (χ2n) is 8.29. The highest BCUT2D eigenvalue weighted by molar-refractivity contribution is 5.78.